The van der Waals surface area contributed by atoms with Gasteiger partial charge in [-0.1, -0.05) is 0 Å². The number of nitrogens with zero attached hydrogens (tertiary/aromatic N) is 1. The molecule has 5 heteroatoms. The van der Waals surface area contributed by atoms with Gasteiger partial charge in [0.15, 0.2) is 0 Å². The lowest BCUT2D eigenvalue weighted by atomic mass is 10.0. The van der Waals surface area contributed by atoms with Gasteiger partial charge in [0.25, 0.3) is 0 Å². The number of hydrogen-bond donors (Lipinski definition) is 1. The van der Waals surface area contributed by atoms with Crippen LogP contribution in [0, 0.1) is 0 Å². The Morgan fingerprint density at radius 3 is 2.38 bits per heavy atom. The van der Waals surface area contributed by atoms with Crippen LogP contribution in [0.2, 0.25) is 0 Å². The molecule has 0 unspecified atom stereocenters. The molecule has 0 saturated carbocycles. The Morgan fingerprint density at radius 1 is 1.24 bits per heavy atom. The summed E-state index contributed by atoms with van der Waals surface area (Å²) in [5, 5.41) is 3.45. The highest BCUT2D eigenvalue weighted by molar-refractivity contribution is 5.89. The van der Waals surface area contributed by atoms with E-state index in [1.54, 1.807) is 26.0 Å². The molecule has 0 bridgehead atoms. The number of nitrogens with one attached hydrogen (secondary N) is 1. The predicted octanol–water partition coefficient (Wildman–Crippen LogP) is 2.29. The minimum absolute atomic E-state index is 0.146. The van der Waals surface area contributed by atoms with E-state index in [4.69, 9.17) is 4.74 Å². The highest BCUT2D eigenvalue weighted by atomic mass is 16.5. The van der Waals surface area contributed by atoms with Crippen molar-refractivity contribution in [3.05, 3.63) is 29.8 Å². The van der Waals surface area contributed by atoms with E-state index in [1.165, 1.54) is 0 Å². The molecular formula is C16H22N2O3. The Bertz CT molecular complexity index is 491. The first-order valence-corrected chi connectivity index (χ1v) is 7.39. The second kappa shape index (κ2) is 7.11. The molecule has 1 saturated heterocycles. The van der Waals surface area contributed by atoms with Crippen molar-refractivity contribution in [1.82, 2.24) is 4.90 Å². The summed E-state index contributed by atoms with van der Waals surface area (Å²) in [4.78, 5) is 24.7. The van der Waals surface area contributed by atoms with Crippen molar-refractivity contribution in [1.29, 1.82) is 0 Å². The van der Waals surface area contributed by atoms with Gasteiger partial charge in [-0.05, 0) is 44.0 Å². The number of piperidine rings is 1. The van der Waals surface area contributed by atoms with E-state index in [2.05, 4.69) is 5.32 Å². The molecule has 0 aromatic heterocycles. The van der Waals surface area contributed by atoms with Gasteiger partial charge in [-0.2, -0.15) is 0 Å². The van der Waals surface area contributed by atoms with Crippen LogP contribution in [0.5, 0.6) is 0 Å². The molecule has 0 atom stereocenters. The number of carbonyl (C=O) groups excluding carboxylic acids is 2. The van der Waals surface area contributed by atoms with Gasteiger partial charge in [-0.3, -0.25) is 4.79 Å². The van der Waals surface area contributed by atoms with Gasteiger partial charge in [-0.25, -0.2) is 4.79 Å². The van der Waals surface area contributed by atoms with Crippen molar-refractivity contribution in [2.24, 2.45) is 0 Å². The van der Waals surface area contributed by atoms with E-state index in [9.17, 15) is 9.59 Å². The number of rotatable bonds is 4. The monoisotopic (exact) mass is 290 g/mol. The van der Waals surface area contributed by atoms with E-state index >= 15 is 0 Å². The van der Waals surface area contributed by atoms with Crippen molar-refractivity contribution < 1.29 is 14.3 Å². The number of amides is 1. The van der Waals surface area contributed by atoms with Crippen molar-refractivity contribution in [3.63, 3.8) is 0 Å². The van der Waals surface area contributed by atoms with E-state index < -0.39 is 0 Å². The second-order valence-electron chi connectivity index (χ2n) is 5.22. The minimum atomic E-state index is -0.293. The Morgan fingerprint density at radius 2 is 1.86 bits per heavy atom. The van der Waals surface area contributed by atoms with Crippen molar-refractivity contribution in [2.45, 2.75) is 32.7 Å². The Hall–Kier alpha value is -2.04. The number of esters is 1. The molecular weight excluding hydrogens is 268 g/mol. The molecule has 1 amide bonds. The second-order valence-corrected chi connectivity index (χ2v) is 5.22. The normalized spacial score (nSPS) is 15.6. The standard InChI is InChI=1S/C16H22N2O3/c1-3-21-16(20)13-4-6-14(7-5-13)17-15-8-10-18(11-9-15)12(2)19/h4-7,15,17H,3,8-11H2,1-2H3. The van der Waals surface area contributed by atoms with Gasteiger partial charge in [0.1, 0.15) is 0 Å². The summed E-state index contributed by atoms with van der Waals surface area (Å²) in [6.07, 6.45) is 1.89. The smallest absolute Gasteiger partial charge is 0.338 e. The van der Waals surface area contributed by atoms with Crippen LogP contribution in [0.15, 0.2) is 24.3 Å². The Kier molecular flexibility index (Phi) is 5.20. The quantitative estimate of drug-likeness (QED) is 0.864. The molecule has 114 valence electrons. The highest BCUT2D eigenvalue weighted by Gasteiger charge is 2.20. The predicted molar refractivity (Wildman–Crippen MR) is 81.3 cm³/mol. The molecule has 5 nitrogen and oxygen atoms in total. The number of benzene rings is 1. The zero-order valence-electron chi connectivity index (χ0n) is 12.6. The first kappa shape index (κ1) is 15.4. The lowest BCUT2D eigenvalue weighted by Crippen LogP contribution is -2.41. The molecule has 1 N–H and O–H groups in total. The molecule has 21 heavy (non-hydrogen) atoms. The number of hydrogen-bond acceptors (Lipinski definition) is 4. The lowest BCUT2D eigenvalue weighted by molar-refractivity contribution is -0.129. The molecule has 0 radical (unpaired) electrons. The molecule has 1 aromatic carbocycles. The fraction of sp³-hybridized carbons (Fsp3) is 0.500. The fourth-order valence-electron chi connectivity index (χ4n) is 2.49. The van der Waals surface area contributed by atoms with Gasteiger partial charge >= 0.3 is 5.97 Å². The van der Waals surface area contributed by atoms with Crippen molar-refractivity contribution in [2.75, 3.05) is 25.0 Å². The summed E-state index contributed by atoms with van der Waals surface area (Å²) in [6, 6.07) is 7.69. The van der Waals surface area contributed by atoms with Crippen LogP contribution in [-0.4, -0.2) is 42.5 Å². The Balaban J connectivity index is 1.87. The number of carbonyl (C=O) groups is 2. The maximum Gasteiger partial charge on any atom is 0.338 e. The maximum atomic E-state index is 11.6. The molecule has 1 aliphatic heterocycles. The molecule has 0 spiro atoms. The third-order valence-electron chi connectivity index (χ3n) is 3.71. The van der Waals surface area contributed by atoms with Crippen LogP contribution in [0.3, 0.4) is 0 Å². The molecule has 0 aliphatic carbocycles. The van der Waals surface area contributed by atoms with Crippen LogP contribution in [0.4, 0.5) is 5.69 Å². The SMILES string of the molecule is CCOC(=O)c1ccc(NC2CCN(C(C)=O)CC2)cc1. The summed E-state index contributed by atoms with van der Waals surface area (Å²) >= 11 is 0. The van der Waals surface area contributed by atoms with Crippen molar-refractivity contribution >= 4 is 17.6 Å². The number of likely N-dealkylation sites (tertiary alicyclic amines) is 1. The first-order valence-electron chi connectivity index (χ1n) is 7.39. The summed E-state index contributed by atoms with van der Waals surface area (Å²) in [5.74, 6) is -0.147. The van der Waals surface area contributed by atoms with E-state index in [0.29, 0.717) is 18.2 Å². The number of ether oxygens (including phenoxy) is 1. The third kappa shape index (κ3) is 4.21. The summed E-state index contributed by atoms with van der Waals surface area (Å²) in [7, 11) is 0. The summed E-state index contributed by atoms with van der Waals surface area (Å²) in [5.41, 5.74) is 1.55. The zero-order chi connectivity index (χ0) is 15.2. The molecule has 1 heterocycles. The molecule has 2 rings (SSSR count). The fourth-order valence-corrected chi connectivity index (χ4v) is 2.49. The summed E-state index contributed by atoms with van der Waals surface area (Å²) in [6.45, 7) is 5.39. The van der Waals surface area contributed by atoms with Gasteiger partial charge in [0.05, 0.1) is 12.2 Å². The summed E-state index contributed by atoms with van der Waals surface area (Å²) < 4.78 is 4.96. The topological polar surface area (TPSA) is 58.6 Å². The van der Waals surface area contributed by atoms with Crippen LogP contribution >= 0.6 is 0 Å². The van der Waals surface area contributed by atoms with Gasteiger partial charge in [0, 0.05) is 31.7 Å². The average molecular weight is 290 g/mol. The third-order valence-corrected chi connectivity index (χ3v) is 3.71. The lowest BCUT2D eigenvalue weighted by Gasteiger charge is -2.32. The largest absolute Gasteiger partial charge is 0.462 e. The van der Waals surface area contributed by atoms with Crippen LogP contribution in [0.25, 0.3) is 0 Å². The van der Waals surface area contributed by atoms with Crippen LogP contribution < -0.4 is 5.32 Å². The first-order chi connectivity index (χ1) is 10.1. The Labute approximate surface area is 125 Å². The van der Waals surface area contributed by atoms with Crippen molar-refractivity contribution in [3.8, 4) is 0 Å². The van der Waals surface area contributed by atoms with E-state index in [-0.39, 0.29) is 11.9 Å². The van der Waals surface area contributed by atoms with Gasteiger partial charge in [0.2, 0.25) is 5.91 Å². The highest BCUT2D eigenvalue weighted by Crippen LogP contribution is 2.17. The number of anilines is 1. The molecule has 1 aliphatic rings. The average Bonchev–Trinajstić information content (AvgIpc) is 2.49. The zero-order valence-corrected chi connectivity index (χ0v) is 12.6. The molecule has 1 fully saturated rings. The van der Waals surface area contributed by atoms with Gasteiger partial charge < -0.3 is 15.0 Å². The van der Waals surface area contributed by atoms with Gasteiger partial charge in [-0.15, -0.1) is 0 Å². The maximum absolute atomic E-state index is 11.6. The van der Waals surface area contributed by atoms with E-state index in [0.717, 1.165) is 31.6 Å². The van der Waals surface area contributed by atoms with Crippen LogP contribution in [-0.2, 0) is 9.53 Å². The van der Waals surface area contributed by atoms with E-state index in [1.807, 2.05) is 17.0 Å². The minimum Gasteiger partial charge on any atom is -0.462 e. The van der Waals surface area contributed by atoms with Crippen LogP contribution in [0.1, 0.15) is 37.0 Å². The molecule has 1 aromatic rings.